The van der Waals surface area contributed by atoms with Crippen molar-refractivity contribution in [2.75, 3.05) is 14.2 Å². The molecular formula is C13H21NO4S. The van der Waals surface area contributed by atoms with Crippen LogP contribution in [-0.2, 0) is 10.0 Å². The monoisotopic (exact) mass is 287 g/mol. The van der Waals surface area contributed by atoms with Crippen LogP contribution in [0.5, 0.6) is 11.5 Å². The molecule has 0 saturated carbocycles. The summed E-state index contributed by atoms with van der Waals surface area (Å²) in [6.07, 6.45) is 0.728. The quantitative estimate of drug-likeness (QED) is 0.870. The molecule has 0 aliphatic carbocycles. The maximum Gasteiger partial charge on any atom is 0.241 e. The Balaban J connectivity index is 3.27. The van der Waals surface area contributed by atoms with E-state index in [0.717, 1.165) is 6.42 Å². The summed E-state index contributed by atoms with van der Waals surface area (Å²) in [7, 11) is -0.551. The van der Waals surface area contributed by atoms with Crippen LogP contribution in [0, 0.1) is 6.92 Å². The molecule has 0 aliphatic heterocycles. The lowest BCUT2D eigenvalue weighted by molar-refractivity contribution is 0.353. The number of benzene rings is 1. The number of aryl methyl sites for hydroxylation is 1. The molecule has 0 amide bonds. The molecule has 1 unspecified atom stereocenters. The van der Waals surface area contributed by atoms with Crippen molar-refractivity contribution in [1.82, 2.24) is 4.72 Å². The predicted octanol–water partition coefficient (Wildman–Crippen LogP) is 2.09. The van der Waals surface area contributed by atoms with Crippen LogP contribution in [0.25, 0.3) is 0 Å². The van der Waals surface area contributed by atoms with Gasteiger partial charge in [0.05, 0.1) is 19.1 Å². The van der Waals surface area contributed by atoms with Crippen LogP contribution in [0.3, 0.4) is 0 Å². The van der Waals surface area contributed by atoms with Gasteiger partial charge in [-0.25, -0.2) is 13.1 Å². The standard InChI is InChI=1S/C13H21NO4S/c1-6-10(3)14-19(15,16)13-8-12(18-5)11(17-4)7-9(13)2/h7-8,10,14H,6H2,1-5H3. The summed E-state index contributed by atoms with van der Waals surface area (Å²) in [5.74, 6) is 0.917. The Hall–Kier alpha value is -1.27. The zero-order valence-corrected chi connectivity index (χ0v) is 12.8. The average Bonchev–Trinajstić information content (AvgIpc) is 2.37. The topological polar surface area (TPSA) is 64.6 Å². The molecule has 0 fully saturated rings. The van der Waals surface area contributed by atoms with E-state index in [0.29, 0.717) is 17.1 Å². The minimum Gasteiger partial charge on any atom is -0.493 e. The van der Waals surface area contributed by atoms with Gasteiger partial charge < -0.3 is 9.47 Å². The van der Waals surface area contributed by atoms with Crippen LogP contribution in [0.4, 0.5) is 0 Å². The van der Waals surface area contributed by atoms with Crippen LogP contribution in [0.1, 0.15) is 25.8 Å². The van der Waals surface area contributed by atoms with Crippen LogP contribution < -0.4 is 14.2 Å². The Kier molecular flexibility index (Phi) is 5.20. The fourth-order valence-electron chi connectivity index (χ4n) is 1.66. The molecule has 1 N–H and O–H groups in total. The summed E-state index contributed by atoms with van der Waals surface area (Å²) in [6.45, 7) is 5.48. The van der Waals surface area contributed by atoms with Gasteiger partial charge in [0.25, 0.3) is 0 Å². The van der Waals surface area contributed by atoms with Crippen LogP contribution in [-0.4, -0.2) is 28.7 Å². The van der Waals surface area contributed by atoms with Gasteiger partial charge in [-0.15, -0.1) is 0 Å². The Bertz CT molecular complexity index is 540. The normalized spacial score (nSPS) is 13.1. The van der Waals surface area contributed by atoms with Crippen LogP contribution >= 0.6 is 0 Å². The average molecular weight is 287 g/mol. The first-order valence-electron chi connectivity index (χ1n) is 6.10. The summed E-state index contributed by atoms with van der Waals surface area (Å²) in [6, 6.07) is 3.03. The highest BCUT2D eigenvalue weighted by Crippen LogP contribution is 2.32. The van der Waals surface area contributed by atoms with Crippen molar-refractivity contribution in [1.29, 1.82) is 0 Å². The number of methoxy groups -OCH3 is 2. The van der Waals surface area contributed by atoms with Gasteiger partial charge in [0.1, 0.15) is 0 Å². The van der Waals surface area contributed by atoms with Gasteiger partial charge in [-0.05, 0) is 31.9 Å². The number of sulfonamides is 1. The van der Waals surface area contributed by atoms with Crippen molar-refractivity contribution in [3.8, 4) is 11.5 Å². The van der Waals surface area contributed by atoms with Gasteiger partial charge >= 0.3 is 0 Å². The van der Waals surface area contributed by atoms with Crippen molar-refractivity contribution < 1.29 is 17.9 Å². The van der Waals surface area contributed by atoms with E-state index in [2.05, 4.69) is 4.72 Å². The largest absolute Gasteiger partial charge is 0.493 e. The van der Waals surface area contributed by atoms with E-state index < -0.39 is 10.0 Å². The molecule has 0 heterocycles. The lowest BCUT2D eigenvalue weighted by Gasteiger charge is -2.16. The van der Waals surface area contributed by atoms with E-state index in [1.165, 1.54) is 20.3 Å². The molecule has 1 aromatic carbocycles. The number of nitrogens with one attached hydrogen (secondary N) is 1. The molecule has 0 saturated heterocycles. The molecule has 1 aromatic rings. The zero-order chi connectivity index (χ0) is 14.6. The second-order valence-electron chi connectivity index (χ2n) is 4.40. The molecule has 108 valence electrons. The summed E-state index contributed by atoms with van der Waals surface area (Å²) in [5, 5.41) is 0. The summed E-state index contributed by atoms with van der Waals surface area (Å²) in [5.41, 5.74) is 0.619. The zero-order valence-electron chi connectivity index (χ0n) is 12.0. The minimum absolute atomic E-state index is 0.113. The summed E-state index contributed by atoms with van der Waals surface area (Å²) in [4.78, 5) is 0.213. The van der Waals surface area contributed by atoms with Gasteiger partial charge in [-0.3, -0.25) is 0 Å². The van der Waals surface area contributed by atoms with Crippen molar-refractivity contribution in [3.63, 3.8) is 0 Å². The second kappa shape index (κ2) is 6.25. The molecule has 0 aliphatic rings. The van der Waals surface area contributed by atoms with E-state index in [9.17, 15) is 8.42 Å². The first-order valence-corrected chi connectivity index (χ1v) is 7.59. The van der Waals surface area contributed by atoms with E-state index in [1.807, 2.05) is 13.8 Å². The molecule has 19 heavy (non-hydrogen) atoms. The van der Waals surface area contributed by atoms with Gasteiger partial charge in [0, 0.05) is 12.1 Å². The van der Waals surface area contributed by atoms with Crippen molar-refractivity contribution in [2.24, 2.45) is 0 Å². The maximum absolute atomic E-state index is 12.3. The highest BCUT2D eigenvalue weighted by atomic mass is 32.2. The third-order valence-corrected chi connectivity index (χ3v) is 4.67. The van der Waals surface area contributed by atoms with Crippen molar-refractivity contribution in [2.45, 2.75) is 38.1 Å². The number of hydrogen-bond donors (Lipinski definition) is 1. The molecular weight excluding hydrogens is 266 g/mol. The van der Waals surface area contributed by atoms with Crippen LogP contribution in [0.2, 0.25) is 0 Å². The van der Waals surface area contributed by atoms with Crippen molar-refractivity contribution >= 4 is 10.0 Å². The summed E-state index contributed by atoms with van der Waals surface area (Å²) < 4.78 is 37.5. The third kappa shape index (κ3) is 3.61. The van der Waals surface area contributed by atoms with Crippen LogP contribution in [0.15, 0.2) is 17.0 Å². The van der Waals surface area contributed by atoms with E-state index in [-0.39, 0.29) is 10.9 Å². The number of hydrogen-bond acceptors (Lipinski definition) is 4. The van der Waals surface area contributed by atoms with Gasteiger partial charge in [-0.1, -0.05) is 6.92 Å². The second-order valence-corrected chi connectivity index (χ2v) is 6.09. The molecule has 1 rings (SSSR count). The minimum atomic E-state index is -3.55. The Morgan fingerprint density at radius 1 is 1.21 bits per heavy atom. The molecule has 5 nitrogen and oxygen atoms in total. The van der Waals surface area contributed by atoms with Gasteiger partial charge in [0.15, 0.2) is 11.5 Å². The molecule has 0 bridgehead atoms. The highest BCUT2D eigenvalue weighted by molar-refractivity contribution is 7.89. The lowest BCUT2D eigenvalue weighted by Crippen LogP contribution is -2.32. The van der Waals surface area contributed by atoms with E-state index in [1.54, 1.807) is 13.0 Å². The van der Waals surface area contributed by atoms with Gasteiger partial charge in [0.2, 0.25) is 10.0 Å². The highest BCUT2D eigenvalue weighted by Gasteiger charge is 2.21. The molecule has 0 radical (unpaired) electrons. The Morgan fingerprint density at radius 3 is 2.21 bits per heavy atom. The first kappa shape index (κ1) is 15.8. The number of rotatable bonds is 6. The molecule has 0 aromatic heterocycles. The first-order chi connectivity index (χ1) is 8.85. The van der Waals surface area contributed by atoms with E-state index >= 15 is 0 Å². The van der Waals surface area contributed by atoms with E-state index in [4.69, 9.17) is 9.47 Å². The summed E-state index contributed by atoms with van der Waals surface area (Å²) >= 11 is 0. The lowest BCUT2D eigenvalue weighted by atomic mass is 10.2. The molecule has 1 atom stereocenters. The fraction of sp³-hybridized carbons (Fsp3) is 0.538. The smallest absolute Gasteiger partial charge is 0.241 e. The Morgan fingerprint density at radius 2 is 1.74 bits per heavy atom. The van der Waals surface area contributed by atoms with Gasteiger partial charge in [-0.2, -0.15) is 0 Å². The fourth-order valence-corrected chi connectivity index (χ4v) is 3.23. The molecule has 0 spiro atoms. The SMILES string of the molecule is CCC(C)NS(=O)(=O)c1cc(OC)c(OC)cc1C. The maximum atomic E-state index is 12.3. The number of ether oxygens (including phenoxy) is 2. The third-order valence-electron chi connectivity index (χ3n) is 2.94. The van der Waals surface area contributed by atoms with Crippen molar-refractivity contribution in [3.05, 3.63) is 17.7 Å². The Labute approximate surface area is 115 Å². The molecule has 6 heteroatoms. The predicted molar refractivity (Wildman–Crippen MR) is 74.4 cm³/mol.